The minimum Gasteiger partial charge on any atom is -0.349 e. The van der Waals surface area contributed by atoms with Gasteiger partial charge >= 0.3 is 6.18 Å². The fraction of sp³-hybridized carbons (Fsp3) is 0.353. The van der Waals surface area contributed by atoms with E-state index >= 15 is 0 Å². The van der Waals surface area contributed by atoms with Gasteiger partial charge < -0.3 is 5.32 Å². The molecule has 1 aromatic heterocycles. The molecule has 0 radical (unpaired) electrons. The molecule has 28 heavy (non-hydrogen) atoms. The summed E-state index contributed by atoms with van der Waals surface area (Å²) < 4.78 is 62.7. The van der Waals surface area contributed by atoms with Gasteiger partial charge in [0, 0.05) is 24.1 Å². The second-order valence-corrected chi connectivity index (χ2v) is 8.42. The lowest BCUT2D eigenvalue weighted by Gasteiger charge is -2.13. The number of sulfone groups is 1. The van der Waals surface area contributed by atoms with Crippen LogP contribution in [0.5, 0.6) is 0 Å². The molecule has 11 heteroatoms. The van der Waals surface area contributed by atoms with Gasteiger partial charge in [-0.3, -0.25) is 9.59 Å². The fourth-order valence-electron chi connectivity index (χ4n) is 2.33. The molecule has 0 saturated heterocycles. The van der Waals surface area contributed by atoms with Crippen molar-refractivity contribution in [2.24, 2.45) is 0 Å². The first-order valence-corrected chi connectivity index (χ1v) is 10.0. The maximum atomic E-state index is 12.9. The molecule has 0 atom stereocenters. The smallest absolute Gasteiger partial charge is 0.349 e. The molecule has 0 saturated carbocycles. The summed E-state index contributed by atoms with van der Waals surface area (Å²) in [6.07, 6.45) is -4.56. The first-order valence-electron chi connectivity index (χ1n) is 8.22. The molecule has 0 aliphatic rings. The van der Waals surface area contributed by atoms with Crippen LogP contribution >= 0.6 is 0 Å². The van der Waals surface area contributed by atoms with E-state index in [1.165, 1.54) is 26.0 Å². The molecule has 2 aromatic rings. The molecule has 0 aliphatic heterocycles. The standard InChI is InChI=1S/C17H18F3N3O4S/c1-3-28(26,27)8-7-21-16(25)15-14(24)9-11(2)23(22-15)13-6-4-5-12(10-13)17(18,19)20/h4-6,9-10H,3,7-8H2,1-2H3,(H,21,25). The number of carbonyl (C=O) groups is 1. The number of alkyl halides is 3. The summed E-state index contributed by atoms with van der Waals surface area (Å²) >= 11 is 0. The van der Waals surface area contributed by atoms with Crippen molar-refractivity contribution in [2.75, 3.05) is 18.1 Å². The van der Waals surface area contributed by atoms with Crippen molar-refractivity contribution >= 4 is 15.7 Å². The minimum atomic E-state index is -4.56. The molecular formula is C17H18F3N3O4S. The van der Waals surface area contributed by atoms with Crippen LogP contribution in [0.4, 0.5) is 13.2 Å². The number of amides is 1. The van der Waals surface area contributed by atoms with Crippen molar-refractivity contribution < 1.29 is 26.4 Å². The maximum Gasteiger partial charge on any atom is 0.416 e. The van der Waals surface area contributed by atoms with Crippen molar-refractivity contribution in [3.63, 3.8) is 0 Å². The molecular weight excluding hydrogens is 399 g/mol. The van der Waals surface area contributed by atoms with E-state index in [9.17, 15) is 31.2 Å². The molecule has 7 nitrogen and oxygen atoms in total. The number of hydrogen-bond acceptors (Lipinski definition) is 5. The highest BCUT2D eigenvalue weighted by Gasteiger charge is 2.30. The largest absolute Gasteiger partial charge is 0.416 e. The average molecular weight is 417 g/mol. The predicted octanol–water partition coefficient (Wildman–Crippen LogP) is 1.72. The van der Waals surface area contributed by atoms with Crippen molar-refractivity contribution in [3.8, 4) is 5.69 Å². The lowest BCUT2D eigenvalue weighted by atomic mass is 10.2. The van der Waals surface area contributed by atoms with Gasteiger partial charge in [-0.2, -0.15) is 18.3 Å². The Balaban J connectivity index is 2.35. The molecule has 1 aromatic carbocycles. The van der Waals surface area contributed by atoms with Gasteiger partial charge in [-0.1, -0.05) is 13.0 Å². The molecule has 1 amide bonds. The van der Waals surface area contributed by atoms with Crippen molar-refractivity contribution in [1.82, 2.24) is 15.1 Å². The molecule has 0 bridgehead atoms. The average Bonchev–Trinajstić information content (AvgIpc) is 2.61. The molecule has 0 fully saturated rings. The van der Waals surface area contributed by atoms with Gasteiger partial charge in [0.2, 0.25) is 5.43 Å². The van der Waals surface area contributed by atoms with E-state index in [1.807, 2.05) is 0 Å². The van der Waals surface area contributed by atoms with E-state index in [4.69, 9.17) is 0 Å². The molecule has 152 valence electrons. The van der Waals surface area contributed by atoms with E-state index in [-0.39, 0.29) is 29.4 Å². The Morgan fingerprint density at radius 2 is 1.93 bits per heavy atom. The van der Waals surface area contributed by atoms with Crippen LogP contribution in [0.15, 0.2) is 35.1 Å². The van der Waals surface area contributed by atoms with E-state index in [0.717, 1.165) is 22.9 Å². The maximum absolute atomic E-state index is 12.9. The highest BCUT2D eigenvalue weighted by molar-refractivity contribution is 7.91. The van der Waals surface area contributed by atoms with Crippen LogP contribution in [-0.2, 0) is 16.0 Å². The summed E-state index contributed by atoms with van der Waals surface area (Å²) in [5.41, 5.74) is -1.92. The van der Waals surface area contributed by atoms with Gasteiger partial charge in [0.05, 0.1) is 17.0 Å². The quantitative estimate of drug-likeness (QED) is 0.772. The third-order valence-electron chi connectivity index (χ3n) is 3.88. The van der Waals surface area contributed by atoms with Gasteiger partial charge in [-0.05, 0) is 25.1 Å². The number of hydrogen-bond donors (Lipinski definition) is 1. The molecule has 2 rings (SSSR count). The summed E-state index contributed by atoms with van der Waals surface area (Å²) in [5, 5.41) is 6.17. The molecule has 0 unspecified atom stereocenters. The second-order valence-electron chi connectivity index (χ2n) is 5.95. The molecule has 0 spiro atoms. The number of nitrogens with zero attached hydrogens (tertiary/aromatic N) is 2. The predicted molar refractivity (Wildman–Crippen MR) is 96.2 cm³/mol. The number of rotatable bonds is 6. The van der Waals surface area contributed by atoms with E-state index in [2.05, 4.69) is 10.4 Å². The minimum absolute atomic E-state index is 0.0231. The van der Waals surface area contributed by atoms with Crippen molar-refractivity contribution in [2.45, 2.75) is 20.0 Å². The Bertz CT molecular complexity index is 1050. The first kappa shape index (κ1) is 21.6. The van der Waals surface area contributed by atoms with Gasteiger partial charge in [-0.15, -0.1) is 0 Å². The van der Waals surface area contributed by atoms with E-state index < -0.39 is 38.6 Å². The van der Waals surface area contributed by atoms with Crippen LogP contribution in [0.2, 0.25) is 0 Å². The zero-order valence-corrected chi connectivity index (χ0v) is 15.9. The lowest BCUT2D eigenvalue weighted by molar-refractivity contribution is -0.137. The highest BCUT2D eigenvalue weighted by Crippen LogP contribution is 2.30. The summed E-state index contributed by atoms with van der Waals surface area (Å²) in [6, 6.07) is 5.36. The number of aromatic nitrogens is 2. The summed E-state index contributed by atoms with van der Waals surface area (Å²) in [4.78, 5) is 24.3. The van der Waals surface area contributed by atoms with Crippen LogP contribution in [-0.4, -0.2) is 42.2 Å². The van der Waals surface area contributed by atoms with Gasteiger partial charge in [0.25, 0.3) is 5.91 Å². The molecule has 1 heterocycles. The summed E-state index contributed by atoms with van der Waals surface area (Å²) in [6.45, 7) is 2.71. The topological polar surface area (TPSA) is 98.1 Å². The lowest BCUT2D eigenvalue weighted by Crippen LogP contribution is -2.35. The van der Waals surface area contributed by atoms with Gasteiger partial charge in [0.15, 0.2) is 15.5 Å². The summed E-state index contributed by atoms with van der Waals surface area (Å²) in [5.74, 6) is -1.30. The van der Waals surface area contributed by atoms with Crippen molar-refractivity contribution in [3.05, 3.63) is 57.5 Å². The Hall–Kier alpha value is -2.69. The monoisotopic (exact) mass is 417 g/mol. The van der Waals surface area contributed by atoms with E-state index in [1.54, 1.807) is 0 Å². The van der Waals surface area contributed by atoms with Crippen LogP contribution in [0.1, 0.15) is 28.7 Å². The number of benzene rings is 1. The number of nitrogens with one attached hydrogen (secondary N) is 1. The normalized spacial score (nSPS) is 12.0. The number of carbonyl (C=O) groups excluding carboxylic acids is 1. The first-order chi connectivity index (χ1) is 12.9. The Morgan fingerprint density at radius 3 is 2.54 bits per heavy atom. The second kappa shape index (κ2) is 8.13. The summed E-state index contributed by atoms with van der Waals surface area (Å²) in [7, 11) is -3.31. The number of halogens is 3. The van der Waals surface area contributed by atoms with E-state index in [0.29, 0.717) is 0 Å². The highest BCUT2D eigenvalue weighted by atomic mass is 32.2. The Kier molecular flexibility index (Phi) is 6.27. The SMILES string of the molecule is CCS(=O)(=O)CCNC(=O)c1nn(-c2cccc(C(F)(F)F)c2)c(C)cc1=O. The Morgan fingerprint density at radius 1 is 1.25 bits per heavy atom. The third-order valence-corrected chi connectivity index (χ3v) is 5.58. The Labute approximate surface area is 159 Å². The van der Waals surface area contributed by atoms with Crippen LogP contribution in [0, 0.1) is 6.92 Å². The zero-order valence-electron chi connectivity index (χ0n) is 15.1. The van der Waals surface area contributed by atoms with Crippen LogP contribution in [0.25, 0.3) is 5.69 Å². The van der Waals surface area contributed by atoms with Crippen molar-refractivity contribution in [1.29, 1.82) is 0 Å². The fourth-order valence-corrected chi connectivity index (χ4v) is 3.03. The number of aryl methyl sites for hydroxylation is 1. The molecule has 1 N–H and O–H groups in total. The molecule has 0 aliphatic carbocycles. The third kappa shape index (κ3) is 5.18. The van der Waals surface area contributed by atoms with Crippen LogP contribution < -0.4 is 10.7 Å². The van der Waals surface area contributed by atoms with Gasteiger partial charge in [-0.25, -0.2) is 13.1 Å². The van der Waals surface area contributed by atoms with Gasteiger partial charge in [0.1, 0.15) is 0 Å². The van der Waals surface area contributed by atoms with Crippen LogP contribution in [0.3, 0.4) is 0 Å². The zero-order chi connectivity index (χ0) is 21.1.